The van der Waals surface area contributed by atoms with Crippen LogP contribution in [0.3, 0.4) is 0 Å². The predicted molar refractivity (Wildman–Crippen MR) is 112 cm³/mol. The van der Waals surface area contributed by atoms with Crippen molar-refractivity contribution in [3.05, 3.63) is 107 Å². The van der Waals surface area contributed by atoms with E-state index in [1.54, 1.807) is 16.7 Å². The Kier molecular flexibility index (Phi) is 3.24. The molecule has 4 aliphatic rings. The molecule has 0 aliphatic heterocycles. The zero-order chi connectivity index (χ0) is 17.9. The molecule has 3 atom stereocenters. The monoisotopic (exact) mass is 350 g/mol. The van der Waals surface area contributed by atoms with Gasteiger partial charge in [-0.2, -0.15) is 0 Å². The molecule has 2 aromatic rings. The van der Waals surface area contributed by atoms with Gasteiger partial charge < -0.3 is 0 Å². The molecular formula is C27H26. The van der Waals surface area contributed by atoms with Gasteiger partial charge in [-0.15, -0.1) is 0 Å². The Balaban J connectivity index is 1.68. The van der Waals surface area contributed by atoms with Gasteiger partial charge in [0.1, 0.15) is 0 Å². The van der Waals surface area contributed by atoms with E-state index in [0.717, 1.165) is 12.3 Å². The fourth-order valence-corrected chi connectivity index (χ4v) is 6.47. The van der Waals surface area contributed by atoms with E-state index < -0.39 is 0 Å². The minimum Gasteiger partial charge on any atom is -0.0839 e. The molecule has 27 heavy (non-hydrogen) atoms. The molecule has 3 unspecified atom stereocenters. The molecular weight excluding hydrogens is 324 g/mol. The van der Waals surface area contributed by atoms with Gasteiger partial charge in [-0.1, -0.05) is 78.9 Å². The van der Waals surface area contributed by atoms with Crippen molar-refractivity contribution >= 4 is 0 Å². The lowest BCUT2D eigenvalue weighted by molar-refractivity contribution is 0.453. The van der Waals surface area contributed by atoms with Crippen LogP contribution in [0.1, 0.15) is 48.8 Å². The van der Waals surface area contributed by atoms with E-state index in [1.807, 2.05) is 0 Å². The first kappa shape index (κ1) is 15.7. The summed E-state index contributed by atoms with van der Waals surface area (Å²) in [7, 11) is 0. The van der Waals surface area contributed by atoms with Crippen LogP contribution in [0.25, 0.3) is 0 Å². The van der Waals surface area contributed by atoms with E-state index in [1.165, 1.54) is 43.2 Å². The van der Waals surface area contributed by atoms with E-state index in [9.17, 15) is 0 Å². The molecule has 1 spiro atoms. The van der Waals surface area contributed by atoms with Crippen LogP contribution < -0.4 is 0 Å². The summed E-state index contributed by atoms with van der Waals surface area (Å²) in [6.45, 7) is 0. The van der Waals surface area contributed by atoms with Crippen molar-refractivity contribution in [1.82, 2.24) is 0 Å². The number of hydrogen-bond donors (Lipinski definition) is 0. The lowest BCUT2D eigenvalue weighted by Crippen LogP contribution is -2.44. The summed E-state index contributed by atoms with van der Waals surface area (Å²) in [4.78, 5) is 0. The third-order valence-corrected chi connectivity index (χ3v) is 7.62. The first-order valence-corrected chi connectivity index (χ1v) is 10.6. The van der Waals surface area contributed by atoms with E-state index >= 15 is 0 Å². The second kappa shape index (κ2) is 5.58. The molecule has 0 N–H and O–H groups in total. The van der Waals surface area contributed by atoms with Crippen molar-refractivity contribution < 1.29 is 0 Å². The van der Waals surface area contributed by atoms with Gasteiger partial charge >= 0.3 is 0 Å². The number of benzene rings is 2. The van der Waals surface area contributed by atoms with Gasteiger partial charge in [-0.3, -0.25) is 0 Å². The molecule has 0 bridgehead atoms. The quantitative estimate of drug-likeness (QED) is 0.547. The average Bonchev–Trinajstić information content (AvgIpc) is 3.49. The number of allylic oxidation sites excluding steroid dienone is 6. The Morgan fingerprint density at radius 1 is 0.815 bits per heavy atom. The van der Waals surface area contributed by atoms with Crippen LogP contribution in [-0.4, -0.2) is 0 Å². The summed E-state index contributed by atoms with van der Waals surface area (Å²) >= 11 is 0. The van der Waals surface area contributed by atoms with Crippen molar-refractivity contribution in [2.24, 2.45) is 5.92 Å². The minimum atomic E-state index is 0.0156. The molecule has 1 fully saturated rings. The molecule has 0 nitrogen and oxygen atoms in total. The van der Waals surface area contributed by atoms with E-state index in [0.29, 0.717) is 5.41 Å². The van der Waals surface area contributed by atoms with Gasteiger partial charge in [0, 0.05) is 10.8 Å². The van der Waals surface area contributed by atoms with Gasteiger partial charge in [0.25, 0.3) is 0 Å². The van der Waals surface area contributed by atoms with E-state index in [-0.39, 0.29) is 5.41 Å². The lowest BCUT2D eigenvalue weighted by atomic mass is 9.54. The van der Waals surface area contributed by atoms with Crippen molar-refractivity contribution in [3.8, 4) is 0 Å². The summed E-state index contributed by atoms with van der Waals surface area (Å²) in [5.74, 6) is 0.843. The maximum Gasteiger partial charge on any atom is 0.0457 e. The topological polar surface area (TPSA) is 0 Å². The van der Waals surface area contributed by atoms with Crippen molar-refractivity contribution in [2.75, 3.05) is 0 Å². The fourth-order valence-electron chi connectivity index (χ4n) is 6.47. The van der Waals surface area contributed by atoms with Crippen molar-refractivity contribution in [2.45, 2.75) is 49.4 Å². The zero-order valence-corrected chi connectivity index (χ0v) is 15.8. The lowest BCUT2D eigenvalue weighted by Gasteiger charge is -2.49. The van der Waals surface area contributed by atoms with Gasteiger partial charge in [0.15, 0.2) is 0 Å². The zero-order valence-electron chi connectivity index (χ0n) is 15.8. The smallest absolute Gasteiger partial charge is 0.0457 e. The van der Waals surface area contributed by atoms with Gasteiger partial charge in [0.05, 0.1) is 0 Å². The molecule has 6 rings (SSSR count). The van der Waals surface area contributed by atoms with E-state index in [2.05, 4.69) is 78.9 Å². The molecule has 0 amide bonds. The minimum absolute atomic E-state index is 0.0156. The summed E-state index contributed by atoms with van der Waals surface area (Å²) in [6.07, 6.45) is 17.4. The highest BCUT2D eigenvalue weighted by Crippen LogP contribution is 2.71. The number of hydrogen-bond acceptors (Lipinski definition) is 0. The number of rotatable bonds is 2. The molecule has 1 saturated carbocycles. The molecule has 0 radical (unpaired) electrons. The maximum absolute atomic E-state index is 2.63. The fraction of sp³-hybridized carbons (Fsp3) is 0.333. The highest BCUT2D eigenvalue weighted by Gasteiger charge is 2.65. The summed E-state index contributed by atoms with van der Waals surface area (Å²) in [6, 6.07) is 20.7. The van der Waals surface area contributed by atoms with Crippen molar-refractivity contribution in [3.63, 3.8) is 0 Å². The molecule has 134 valence electrons. The Bertz CT molecular complexity index is 990. The van der Waals surface area contributed by atoms with Crippen LogP contribution in [0, 0.1) is 5.92 Å². The SMILES string of the molecule is C1=CC(C2(c3ccccc3)Cc3ccccc3C34CC3CCC=C24)=CCC1. The van der Waals surface area contributed by atoms with Gasteiger partial charge in [0.2, 0.25) is 0 Å². The third-order valence-electron chi connectivity index (χ3n) is 7.62. The van der Waals surface area contributed by atoms with Crippen LogP contribution in [0.2, 0.25) is 0 Å². The first-order valence-electron chi connectivity index (χ1n) is 10.6. The Labute approximate surface area is 162 Å². The Morgan fingerprint density at radius 3 is 2.52 bits per heavy atom. The Morgan fingerprint density at radius 2 is 1.67 bits per heavy atom. The molecule has 0 saturated heterocycles. The Hall–Kier alpha value is -2.34. The van der Waals surface area contributed by atoms with Crippen LogP contribution in [0.15, 0.2) is 90.0 Å². The summed E-state index contributed by atoms with van der Waals surface area (Å²) < 4.78 is 0. The second-order valence-corrected chi connectivity index (χ2v) is 8.81. The third kappa shape index (κ3) is 1.99. The second-order valence-electron chi connectivity index (χ2n) is 8.81. The van der Waals surface area contributed by atoms with Crippen LogP contribution >= 0.6 is 0 Å². The molecule has 0 heteroatoms. The van der Waals surface area contributed by atoms with Gasteiger partial charge in [-0.25, -0.2) is 0 Å². The summed E-state index contributed by atoms with van der Waals surface area (Å²) in [5, 5.41) is 0. The average molecular weight is 351 g/mol. The molecule has 0 aromatic heterocycles. The maximum atomic E-state index is 2.63. The van der Waals surface area contributed by atoms with Crippen LogP contribution in [0.4, 0.5) is 0 Å². The molecule has 4 aliphatic carbocycles. The van der Waals surface area contributed by atoms with Crippen molar-refractivity contribution in [1.29, 1.82) is 0 Å². The van der Waals surface area contributed by atoms with Crippen LogP contribution in [0.5, 0.6) is 0 Å². The first-order chi connectivity index (χ1) is 13.4. The summed E-state index contributed by atoms with van der Waals surface area (Å²) in [5.41, 5.74) is 8.25. The van der Waals surface area contributed by atoms with E-state index in [4.69, 9.17) is 0 Å². The van der Waals surface area contributed by atoms with Gasteiger partial charge in [-0.05, 0) is 72.3 Å². The standard InChI is InChI=1S/C27H26/c1-3-11-21(12-4-1)26(22-13-5-2-6-14-22)18-20-10-7-8-16-24(20)27-19-23(27)15-9-17-25(26)27/h1,3-5,7-8,10-14,16-17,23H,2,6,9,15,18-19H2. The normalized spacial score (nSPS) is 33.3. The largest absolute Gasteiger partial charge is 0.0839 e. The highest BCUT2D eigenvalue weighted by atomic mass is 14.7. The highest BCUT2D eigenvalue weighted by molar-refractivity contribution is 5.66. The number of fused-ring (bicyclic) bond motifs is 1. The molecule has 2 aromatic carbocycles. The van der Waals surface area contributed by atoms with Crippen LogP contribution in [-0.2, 0) is 17.3 Å². The predicted octanol–water partition coefficient (Wildman–Crippen LogP) is 6.44. The molecule has 0 heterocycles.